The Bertz CT molecular complexity index is 800. The summed E-state index contributed by atoms with van der Waals surface area (Å²) >= 11 is 1.70. The first-order valence-electron chi connectivity index (χ1n) is 10.5. The summed E-state index contributed by atoms with van der Waals surface area (Å²) in [4.78, 5) is 10.5. The molecule has 1 N–H and O–H groups in total. The van der Waals surface area contributed by atoms with E-state index in [2.05, 4.69) is 15.3 Å². The second-order valence-electron chi connectivity index (χ2n) is 7.52. The topological polar surface area (TPSA) is 50.3 Å². The standard InChI is InChI=1S/C22H30F2N4OS/c1-3-28(15-16-6-4-5-7-16)21-17(10-18(23)11-20(21)24)12-25-22-26-13-19(14-27-22)29-8-9-30-2/h10-11,13-14,16H,3-9,12,15H2,1-2H3,(H,25,26,27). The number of anilines is 2. The molecule has 1 saturated carbocycles. The number of rotatable bonds is 11. The smallest absolute Gasteiger partial charge is 0.223 e. The second kappa shape index (κ2) is 11.3. The molecule has 0 atom stereocenters. The molecule has 1 aromatic carbocycles. The lowest BCUT2D eigenvalue weighted by Crippen LogP contribution is -2.30. The van der Waals surface area contributed by atoms with Gasteiger partial charge in [-0.2, -0.15) is 11.8 Å². The van der Waals surface area contributed by atoms with Crippen molar-refractivity contribution in [2.75, 3.05) is 41.9 Å². The number of ether oxygens (including phenoxy) is 1. The van der Waals surface area contributed by atoms with E-state index < -0.39 is 11.6 Å². The van der Waals surface area contributed by atoms with Crippen LogP contribution in [0.5, 0.6) is 5.75 Å². The fourth-order valence-electron chi connectivity index (χ4n) is 3.89. The highest BCUT2D eigenvalue weighted by Gasteiger charge is 2.22. The first-order chi connectivity index (χ1) is 14.6. The van der Waals surface area contributed by atoms with Gasteiger partial charge in [0.25, 0.3) is 0 Å². The molecule has 8 heteroatoms. The molecule has 1 heterocycles. The highest BCUT2D eigenvalue weighted by molar-refractivity contribution is 7.98. The van der Waals surface area contributed by atoms with Gasteiger partial charge in [-0.05, 0) is 38.0 Å². The molecule has 164 valence electrons. The summed E-state index contributed by atoms with van der Waals surface area (Å²) in [5.74, 6) is 1.34. The number of nitrogens with zero attached hydrogens (tertiary/aromatic N) is 3. The van der Waals surface area contributed by atoms with E-state index in [0.29, 0.717) is 42.0 Å². The van der Waals surface area contributed by atoms with Crippen molar-refractivity contribution in [3.05, 3.63) is 41.7 Å². The van der Waals surface area contributed by atoms with Crippen molar-refractivity contribution in [1.82, 2.24) is 9.97 Å². The summed E-state index contributed by atoms with van der Waals surface area (Å²) in [5.41, 5.74) is 1.03. The fourth-order valence-corrected chi connectivity index (χ4v) is 4.14. The fraction of sp³-hybridized carbons (Fsp3) is 0.545. The highest BCUT2D eigenvalue weighted by atomic mass is 32.2. The minimum absolute atomic E-state index is 0.234. The van der Waals surface area contributed by atoms with Crippen LogP contribution in [0.25, 0.3) is 0 Å². The van der Waals surface area contributed by atoms with Gasteiger partial charge >= 0.3 is 0 Å². The number of hydrogen-bond acceptors (Lipinski definition) is 6. The number of halogens is 2. The Balaban J connectivity index is 1.70. The third kappa shape index (κ3) is 6.20. The highest BCUT2D eigenvalue weighted by Crippen LogP contribution is 2.31. The molecule has 0 saturated heterocycles. The zero-order valence-electron chi connectivity index (χ0n) is 17.7. The van der Waals surface area contributed by atoms with Crippen LogP contribution in [0.3, 0.4) is 0 Å². The van der Waals surface area contributed by atoms with Crippen LogP contribution in [0.2, 0.25) is 0 Å². The third-order valence-electron chi connectivity index (χ3n) is 5.38. The number of aromatic nitrogens is 2. The average Bonchev–Trinajstić information content (AvgIpc) is 3.25. The molecule has 0 amide bonds. The molecule has 1 aliphatic carbocycles. The molecule has 0 unspecified atom stereocenters. The van der Waals surface area contributed by atoms with E-state index in [1.165, 1.54) is 31.7 Å². The van der Waals surface area contributed by atoms with Crippen LogP contribution in [-0.4, -0.2) is 41.7 Å². The molecule has 3 rings (SSSR count). The first-order valence-corrected chi connectivity index (χ1v) is 11.9. The summed E-state index contributed by atoms with van der Waals surface area (Å²) in [6.45, 7) is 4.30. The van der Waals surface area contributed by atoms with Gasteiger partial charge in [-0.3, -0.25) is 0 Å². The molecule has 30 heavy (non-hydrogen) atoms. The number of hydrogen-bond donors (Lipinski definition) is 1. The van der Waals surface area contributed by atoms with Crippen molar-refractivity contribution < 1.29 is 13.5 Å². The molecule has 5 nitrogen and oxygen atoms in total. The van der Waals surface area contributed by atoms with E-state index in [-0.39, 0.29) is 6.54 Å². The molecule has 0 bridgehead atoms. The molecule has 1 aromatic heterocycles. The van der Waals surface area contributed by atoms with E-state index >= 15 is 0 Å². The predicted octanol–water partition coefficient (Wildman–Crippen LogP) is 5.13. The van der Waals surface area contributed by atoms with Gasteiger partial charge in [0.2, 0.25) is 5.95 Å². The lowest BCUT2D eigenvalue weighted by atomic mass is 10.1. The normalized spacial score (nSPS) is 14.1. The van der Waals surface area contributed by atoms with Gasteiger partial charge in [0.1, 0.15) is 11.6 Å². The molecule has 2 aromatic rings. The van der Waals surface area contributed by atoms with Gasteiger partial charge in [0.15, 0.2) is 5.75 Å². The second-order valence-corrected chi connectivity index (χ2v) is 8.51. The molecule has 1 aliphatic rings. The number of benzene rings is 1. The van der Waals surface area contributed by atoms with Gasteiger partial charge in [-0.15, -0.1) is 0 Å². The van der Waals surface area contributed by atoms with Crippen LogP contribution in [0.1, 0.15) is 38.2 Å². The zero-order valence-corrected chi connectivity index (χ0v) is 18.5. The Labute approximate surface area is 181 Å². The Morgan fingerprint density at radius 3 is 2.60 bits per heavy atom. The van der Waals surface area contributed by atoms with Gasteiger partial charge in [0, 0.05) is 37.0 Å². The van der Waals surface area contributed by atoms with Crippen LogP contribution in [-0.2, 0) is 6.54 Å². The van der Waals surface area contributed by atoms with Gasteiger partial charge in [0.05, 0.1) is 24.7 Å². The summed E-state index contributed by atoms with van der Waals surface area (Å²) < 4.78 is 34.3. The molecular weight excluding hydrogens is 406 g/mol. The number of thioether (sulfide) groups is 1. The molecule has 0 radical (unpaired) electrons. The van der Waals surface area contributed by atoms with Crippen LogP contribution in [0, 0.1) is 17.6 Å². The Morgan fingerprint density at radius 1 is 1.20 bits per heavy atom. The predicted molar refractivity (Wildman–Crippen MR) is 119 cm³/mol. The zero-order chi connectivity index (χ0) is 21.3. The average molecular weight is 437 g/mol. The molecule has 0 spiro atoms. The summed E-state index contributed by atoms with van der Waals surface area (Å²) in [6, 6.07) is 2.36. The molecule has 1 fully saturated rings. The van der Waals surface area contributed by atoms with E-state index in [1.807, 2.05) is 18.1 Å². The third-order valence-corrected chi connectivity index (χ3v) is 5.95. The maximum atomic E-state index is 14.8. The van der Waals surface area contributed by atoms with Crippen molar-refractivity contribution >= 4 is 23.4 Å². The minimum Gasteiger partial charge on any atom is -0.489 e. The SMILES string of the molecule is CCN(CC1CCCC1)c1c(F)cc(F)cc1CNc1ncc(OCCSC)cn1. The number of nitrogens with one attached hydrogen (secondary N) is 1. The van der Waals surface area contributed by atoms with Crippen LogP contribution < -0.4 is 15.0 Å². The van der Waals surface area contributed by atoms with Crippen molar-refractivity contribution in [3.63, 3.8) is 0 Å². The molecule has 0 aliphatic heterocycles. The van der Waals surface area contributed by atoms with E-state index in [1.54, 1.807) is 24.2 Å². The van der Waals surface area contributed by atoms with E-state index in [0.717, 1.165) is 18.4 Å². The van der Waals surface area contributed by atoms with E-state index in [9.17, 15) is 8.78 Å². The van der Waals surface area contributed by atoms with Crippen LogP contribution in [0.4, 0.5) is 20.4 Å². The van der Waals surface area contributed by atoms with Gasteiger partial charge < -0.3 is 15.0 Å². The Hall–Kier alpha value is -2.09. The van der Waals surface area contributed by atoms with E-state index in [4.69, 9.17) is 4.74 Å². The van der Waals surface area contributed by atoms with Crippen molar-refractivity contribution in [1.29, 1.82) is 0 Å². The maximum Gasteiger partial charge on any atom is 0.223 e. The monoisotopic (exact) mass is 436 g/mol. The maximum absolute atomic E-state index is 14.8. The summed E-state index contributed by atoms with van der Waals surface area (Å²) in [5, 5.41) is 3.08. The summed E-state index contributed by atoms with van der Waals surface area (Å²) in [6.07, 6.45) is 10.0. The Morgan fingerprint density at radius 2 is 1.93 bits per heavy atom. The largest absolute Gasteiger partial charge is 0.489 e. The Kier molecular flexibility index (Phi) is 8.54. The van der Waals surface area contributed by atoms with Gasteiger partial charge in [-0.1, -0.05) is 12.8 Å². The lowest BCUT2D eigenvalue weighted by Gasteiger charge is -2.29. The van der Waals surface area contributed by atoms with Crippen LogP contribution in [0.15, 0.2) is 24.5 Å². The first kappa shape index (κ1) is 22.6. The van der Waals surface area contributed by atoms with Crippen molar-refractivity contribution in [2.24, 2.45) is 5.92 Å². The summed E-state index contributed by atoms with van der Waals surface area (Å²) in [7, 11) is 0. The molecular formula is C22H30F2N4OS. The van der Waals surface area contributed by atoms with Gasteiger partial charge in [-0.25, -0.2) is 18.7 Å². The van der Waals surface area contributed by atoms with Crippen molar-refractivity contribution in [2.45, 2.75) is 39.2 Å². The minimum atomic E-state index is -0.580. The quantitative estimate of drug-likeness (QED) is 0.493. The lowest BCUT2D eigenvalue weighted by molar-refractivity contribution is 0.341. The van der Waals surface area contributed by atoms with Crippen LogP contribution >= 0.6 is 11.8 Å². The van der Waals surface area contributed by atoms with Crippen molar-refractivity contribution in [3.8, 4) is 5.75 Å².